The molecule has 0 saturated heterocycles. The lowest BCUT2D eigenvalue weighted by molar-refractivity contribution is 0.0851. The van der Waals surface area contributed by atoms with E-state index in [0.717, 1.165) is 17.7 Å². The van der Waals surface area contributed by atoms with Crippen LogP contribution in [-0.4, -0.2) is 43.5 Å². The van der Waals surface area contributed by atoms with Gasteiger partial charge in [-0.15, -0.1) is 0 Å². The first kappa shape index (κ1) is 14.9. The van der Waals surface area contributed by atoms with E-state index in [2.05, 4.69) is 18.7 Å². The first-order valence-electron chi connectivity index (χ1n) is 6.38. The van der Waals surface area contributed by atoms with Crippen molar-refractivity contribution in [1.82, 2.24) is 4.90 Å². The second kappa shape index (κ2) is 7.29. The predicted octanol–water partition coefficient (Wildman–Crippen LogP) is 2.53. The summed E-state index contributed by atoms with van der Waals surface area (Å²) >= 11 is 0. The van der Waals surface area contributed by atoms with Crippen LogP contribution in [-0.2, 0) is 4.74 Å². The molecular weight excluding hydrogens is 226 g/mol. The number of aryl methyl sites for hydroxylation is 1. The highest BCUT2D eigenvalue weighted by Gasteiger charge is 2.16. The van der Waals surface area contributed by atoms with Gasteiger partial charge in [-0.2, -0.15) is 0 Å². The smallest absolute Gasteiger partial charge is 0.177 e. The third-order valence-corrected chi connectivity index (χ3v) is 3.11. The molecule has 0 atom stereocenters. The first-order valence-corrected chi connectivity index (χ1v) is 6.38. The van der Waals surface area contributed by atoms with Gasteiger partial charge in [-0.1, -0.05) is 24.3 Å². The molecular formula is C15H23NO2. The summed E-state index contributed by atoms with van der Waals surface area (Å²) in [7, 11) is 1.68. The number of hydrogen-bond donors (Lipinski definition) is 0. The molecule has 0 fully saturated rings. The van der Waals surface area contributed by atoms with Crippen LogP contribution in [0.15, 0.2) is 24.3 Å². The molecule has 100 valence electrons. The summed E-state index contributed by atoms with van der Waals surface area (Å²) in [4.78, 5) is 14.4. The maximum absolute atomic E-state index is 12.3. The second-order valence-electron chi connectivity index (χ2n) is 4.80. The molecule has 0 radical (unpaired) electrons. The Kier molecular flexibility index (Phi) is 6.02. The van der Waals surface area contributed by atoms with E-state index in [4.69, 9.17) is 4.74 Å². The summed E-state index contributed by atoms with van der Waals surface area (Å²) in [6, 6.07) is 8.08. The molecule has 18 heavy (non-hydrogen) atoms. The minimum absolute atomic E-state index is 0.179. The molecule has 0 amide bonds. The van der Waals surface area contributed by atoms with Crippen LogP contribution in [0.5, 0.6) is 0 Å². The van der Waals surface area contributed by atoms with Gasteiger partial charge in [-0.3, -0.25) is 9.69 Å². The average molecular weight is 249 g/mol. The van der Waals surface area contributed by atoms with Gasteiger partial charge in [0.2, 0.25) is 0 Å². The number of carbonyl (C=O) groups is 1. The highest BCUT2D eigenvalue weighted by Crippen LogP contribution is 2.10. The van der Waals surface area contributed by atoms with E-state index in [1.54, 1.807) is 7.11 Å². The van der Waals surface area contributed by atoms with Gasteiger partial charge >= 0.3 is 0 Å². The van der Waals surface area contributed by atoms with E-state index < -0.39 is 0 Å². The SMILES string of the molecule is COCCN(CC(=O)c1ccccc1C)C(C)C. The van der Waals surface area contributed by atoms with Crippen LogP contribution in [0.3, 0.4) is 0 Å². The Balaban J connectivity index is 2.69. The minimum atomic E-state index is 0.179. The third kappa shape index (κ3) is 4.24. The predicted molar refractivity (Wildman–Crippen MR) is 74.1 cm³/mol. The summed E-state index contributed by atoms with van der Waals surface area (Å²) in [5.41, 5.74) is 1.86. The van der Waals surface area contributed by atoms with Gasteiger partial charge in [0.15, 0.2) is 5.78 Å². The van der Waals surface area contributed by atoms with Gasteiger partial charge in [0.25, 0.3) is 0 Å². The zero-order valence-electron chi connectivity index (χ0n) is 11.8. The number of ether oxygens (including phenoxy) is 1. The summed E-state index contributed by atoms with van der Waals surface area (Å²) < 4.78 is 5.08. The number of Topliss-reactive ketones (excluding diaryl/α,β-unsaturated/α-hetero) is 1. The van der Waals surface area contributed by atoms with Crippen molar-refractivity contribution >= 4 is 5.78 Å². The van der Waals surface area contributed by atoms with Crippen LogP contribution in [0.2, 0.25) is 0 Å². The number of methoxy groups -OCH3 is 1. The zero-order chi connectivity index (χ0) is 13.5. The number of rotatable bonds is 7. The maximum atomic E-state index is 12.3. The fourth-order valence-electron chi connectivity index (χ4n) is 1.88. The van der Waals surface area contributed by atoms with Crippen LogP contribution >= 0.6 is 0 Å². The summed E-state index contributed by atoms with van der Waals surface area (Å²) in [6.45, 7) is 8.06. The van der Waals surface area contributed by atoms with Crippen molar-refractivity contribution in [3.05, 3.63) is 35.4 Å². The van der Waals surface area contributed by atoms with Crippen LogP contribution in [0, 0.1) is 6.92 Å². The van der Waals surface area contributed by atoms with Crippen LogP contribution in [0.4, 0.5) is 0 Å². The Morgan fingerprint density at radius 3 is 2.56 bits per heavy atom. The Morgan fingerprint density at radius 1 is 1.33 bits per heavy atom. The molecule has 0 saturated carbocycles. The number of benzene rings is 1. The van der Waals surface area contributed by atoms with E-state index in [-0.39, 0.29) is 5.78 Å². The molecule has 3 nitrogen and oxygen atoms in total. The molecule has 0 aliphatic carbocycles. The van der Waals surface area contributed by atoms with E-state index >= 15 is 0 Å². The molecule has 3 heteroatoms. The van der Waals surface area contributed by atoms with Crippen LogP contribution in [0.1, 0.15) is 29.8 Å². The first-order chi connectivity index (χ1) is 8.56. The van der Waals surface area contributed by atoms with Crippen molar-refractivity contribution in [2.75, 3.05) is 26.8 Å². The Labute approximate surface area is 110 Å². The molecule has 1 rings (SSSR count). The van der Waals surface area contributed by atoms with E-state index in [0.29, 0.717) is 19.2 Å². The molecule has 0 heterocycles. The lowest BCUT2D eigenvalue weighted by Gasteiger charge is -2.25. The summed E-state index contributed by atoms with van der Waals surface area (Å²) in [5.74, 6) is 0.179. The second-order valence-corrected chi connectivity index (χ2v) is 4.80. The molecule has 1 aromatic rings. The fourth-order valence-corrected chi connectivity index (χ4v) is 1.88. The number of nitrogens with zero attached hydrogens (tertiary/aromatic N) is 1. The van der Waals surface area contributed by atoms with E-state index in [1.807, 2.05) is 31.2 Å². The molecule has 0 unspecified atom stereocenters. The highest BCUT2D eigenvalue weighted by molar-refractivity contribution is 5.98. The zero-order valence-corrected chi connectivity index (χ0v) is 11.8. The van der Waals surface area contributed by atoms with Gasteiger partial charge in [-0.05, 0) is 26.3 Å². The Bertz CT molecular complexity index is 388. The lowest BCUT2D eigenvalue weighted by Crippen LogP contribution is -2.38. The average Bonchev–Trinajstić information content (AvgIpc) is 2.34. The van der Waals surface area contributed by atoms with Crippen molar-refractivity contribution in [1.29, 1.82) is 0 Å². The van der Waals surface area contributed by atoms with Crippen molar-refractivity contribution in [3.63, 3.8) is 0 Å². The molecule has 0 spiro atoms. The van der Waals surface area contributed by atoms with Crippen molar-refractivity contribution in [2.45, 2.75) is 26.8 Å². The fraction of sp³-hybridized carbons (Fsp3) is 0.533. The van der Waals surface area contributed by atoms with Crippen LogP contribution in [0.25, 0.3) is 0 Å². The van der Waals surface area contributed by atoms with Gasteiger partial charge in [0.1, 0.15) is 0 Å². The lowest BCUT2D eigenvalue weighted by atomic mass is 10.0. The summed E-state index contributed by atoms with van der Waals surface area (Å²) in [6.07, 6.45) is 0. The molecule has 0 bridgehead atoms. The standard InChI is InChI=1S/C15H23NO2/c1-12(2)16(9-10-18-4)11-15(17)14-8-6-5-7-13(14)3/h5-8,12H,9-11H2,1-4H3. The largest absolute Gasteiger partial charge is 0.383 e. The quantitative estimate of drug-likeness (QED) is 0.695. The number of ketones is 1. The number of carbonyl (C=O) groups excluding carboxylic acids is 1. The van der Waals surface area contributed by atoms with Gasteiger partial charge in [0, 0.05) is 25.3 Å². The van der Waals surface area contributed by atoms with Crippen molar-refractivity contribution in [2.24, 2.45) is 0 Å². The Hall–Kier alpha value is -1.19. The molecule has 0 aliphatic rings. The molecule has 1 aromatic carbocycles. The van der Waals surface area contributed by atoms with E-state index in [9.17, 15) is 4.79 Å². The van der Waals surface area contributed by atoms with Crippen molar-refractivity contribution < 1.29 is 9.53 Å². The number of hydrogen-bond acceptors (Lipinski definition) is 3. The molecule has 0 aliphatic heterocycles. The van der Waals surface area contributed by atoms with Gasteiger partial charge in [-0.25, -0.2) is 0 Å². The monoisotopic (exact) mass is 249 g/mol. The van der Waals surface area contributed by atoms with Gasteiger partial charge in [0.05, 0.1) is 13.2 Å². The Morgan fingerprint density at radius 2 is 2.00 bits per heavy atom. The molecule has 0 N–H and O–H groups in total. The maximum Gasteiger partial charge on any atom is 0.177 e. The minimum Gasteiger partial charge on any atom is -0.383 e. The topological polar surface area (TPSA) is 29.5 Å². The van der Waals surface area contributed by atoms with Crippen molar-refractivity contribution in [3.8, 4) is 0 Å². The highest BCUT2D eigenvalue weighted by atomic mass is 16.5. The van der Waals surface area contributed by atoms with Gasteiger partial charge < -0.3 is 4.74 Å². The van der Waals surface area contributed by atoms with E-state index in [1.165, 1.54) is 0 Å². The summed E-state index contributed by atoms with van der Waals surface area (Å²) in [5, 5.41) is 0. The third-order valence-electron chi connectivity index (χ3n) is 3.11. The van der Waals surface area contributed by atoms with Crippen LogP contribution < -0.4 is 0 Å². The normalized spacial score (nSPS) is 11.2. The molecule has 0 aromatic heterocycles.